The van der Waals surface area contributed by atoms with Crippen LogP contribution in [0.5, 0.6) is 0 Å². The van der Waals surface area contributed by atoms with Crippen LogP contribution in [0.3, 0.4) is 0 Å². The van der Waals surface area contributed by atoms with Crippen LogP contribution in [-0.4, -0.2) is 72.7 Å². The van der Waals surface area contributed by atoms with Crippen molar-refractivity contribution in [2.45, 2.75) is 44.9 Å². The van der Waals surface area contributed by atoms with E-state index in [0.29, 0.717) is 43.5 Å². The van der Waals surface area contributed by atoms with Crippen LogP contribution in [0.15, 0.2) is 43.1 Å². The minimum atomic E-state index is -0.490. The van der Waals surface area contributed by atoms with Gasteiger partial charge < -0.3 is 30.4 Å². The zero-order chi connectivity index (χ0) is 26.9. The third kappa shape index (κ3) is 5.04. The number of aromatic nitrogens is 6. The van der Waals surface area contributed by atoms with Gasteiger partial charge in [0, 0.05) is 73.6 Å². The van der Waals surface area contributed by atoms with Crippen LogP contribution in [0.4, 0.5) is 17.6 Å². The van der Waals surface area contributed by atoms with Crippen molar-refractivity contribution in [3.63, 3.8) is 0 Å². The normalized spacial score (nSPS) is 15.3. The van der Waals surface area contributed by atoms with E-state index < -0.39 is 11.5 Å². The number of primary amides is 1. The number of nitrogens with zero attached hydrogens (tertiary/aromatic N) is 7. The van der Waals surface area contributed by atoms with Crippen LogP contribution in [-0.2, 0) is 16.1 Å². The van der Waals surface area contributed by atoms with Gasteiger partial charge in [0.25, 0.3) is 0 Å². The van der Waals surface area contributed by atoms with Gasteiger partial charge in [-0.3, -0.25) is 9.48 Å². The van der Waals surface area contributed by atoms with Crippen molar-refractivity contribution < 1.29 is 14.6 Å². The molecular weight excluding hydrogens is 486 g/mol. The van der Waals surface area contributed by atoms with Crippen molar-refractivity contribution in [2.75, 3.05) is 37.0 Å². The second-order valence-corrected chi connectivity index (χ2v) is 9.92. The lowest BCUT2D eigenvalue weighted by Gasteiger charge is -2.39. The van der Waals surface area contributed by atoms with E-state index >= 15 is 0 Å². The maximum Gasteiger partial charge on any atom is 0.239 e. The van der Waals surface area contributed by atoms with Gasteiger partial charge in [-0.15, -0.1) is 0 Å². The molecule has 12 nitrogen and oxygen atoms in total. The average Bonchev–Trinajstić information content (AvgIpc) is 3.53. The number of nitrogens with two attached hydrogens (primary N) is 1. The van der Waals surface area contributed by atoms with Gasteiger partial charge in [0.2, 0.25) is 11.9 Å². The fourth-order valence-corrected chi connectivity index (χ4v) is 4.86. The van der Waals surface area contributed by atoms with E-state index in [1.165, 1.54) is 4.68 Å². The lowest BCUT2D eigenvalue weighted by Crippen LogP contribution is -2.48. The molecule has 0 saturated carbocycles. The number of aliphatic hydroxyl groups excluding tert-OH is 1. The first-order chi connectivity index (χ1) is 18.3. The summed E-state index contributed by atoms with van der Waals surface area (Å²) in [5.74, 6) is 1.49. The molecule has 0 spiro atoms. The number of rotatable bonds is 9. The van der Waals surface area contributed by atoms with E-state index in [9.17, 15) is 9.90 Å². The maximum atomic E-state index is 11.3. The SMILES string of the molecule is COC1(CO)CCN(c2nccc(Nc3cc4c(cn3)c(-c3cnn(CC(N)=O)c3)cn4C(C)C)n2)CC1. The first kappa shape index (κ1) is 25.6. The number of carbonyl (C=O) groups excluding carboxylic acids is 1. The molecule has 5 rings (SSSR count). The number of nitrogens with one attached hydrogen (secondary N) is 1. The molecule has 0 aliphatic carbocycles. The summed E-state index contributed by atoms with van der Waals surface area (Å²) in [6.45, 7) is 5.67. The number of anilines is 3. The van der Waals surface area contributed by atoms with Gasteiger partial charge in [-0.1, -0.05) is 0 Å². The highest BCUT2D eigenvalue weighted by Gasteiger charge is 2.34. The van der Waals surface area contributed by atoms with Gasteiger partial charge in [0.15, 0.2) is 0 Å². The smallest absolute Gasteiger partial charge is 0.239 e. The lowest BCUT2D eigenvalue weighted by molar-refractivity contribution is -0.118. The number of hydrogen-bond donors (Lipinski definition) is 3. The molecular formula is C26H33N9O3. The second-order valence-electron chi connectivity index (χ2n) is 9.92. The summed E-state index contributed by atoms with van der Waals surface area (Å²) in [5, 5.41) is 18.3. The Labute approximate surface area is 220 Å². The van der Waals surface area contributed by atoms with Crippen molar-refractivity contribution in [2.24, 2.45) is 5.73 Å². The monoisotopic (exact) mass is 519 g/mol. The number of piperidine rings is 1. The van der Waals surface area contributed by atoms with Gasteiger partial charge >= 0.3 is 0 Å². The first-order valence-electron chi connectivity index (χ1n) is 12.6. The fourth-order valence-electron chi connectivity index (χ4n) is 4.86. The van der Waals surface area contributed by atoms with Crippen LogP contribution in [0.25, 0.3) is 22.0 Å². The van der Waals surface area contributed by atoms with E-state index in [0.717, 1.165) is 22.0 Å². The predicted octanol–water partition coefficient (Wildman–Crippen LogP) is 2.48. The first-order valence-corrected chi connectivity index (χ1v) is 12.6. The quantitative estimate of drug-likeness (QED) is 0.303. The number of fused-ring (bicyclic) bond motifs is 1. The number of aliphatic hydroxyl groups is 1. The zero-order valence-corrected chi connectivity index (χ0v) is 21.8. The molecule has 5 heterocycles. The molecule has 0 radical (unpaired) electrons. The summed E-state index contributed by atoms with van der Waals surface area (Å²) >= 11 is 0. The summed E-state index contributed by atoms with van der Waals surface area (Å²) < 4.78 is 9.28. The Bertz CT molecular complexity index is 1430. The Hall–Kier alpha value is -4.03. The molecule has 4 aromatic rings. The molecule has 0 atom stereocenters. The third-order valence-corrected chi connectivity index (χ3v) is 7.11. The molecule has 38 heavy (non-hydrogen) atoms. The number of methoxy groups -OCH3 is 1. The highest BCUT2D eigenvalue weighted by atomic mass is 16.5. The highest BCUT2D eigenvalue weighted by molar-refractivity contribution is 5.96. The zero-order valence-electron chi connectivity index (χ0n) is 21.8. The molecule has 1 aliphatic rings. The van der Waals surface area contributed by atoms with Gasteiger partial charge in [-0.05, 0) is 32.8 Å². The molecule has 1 aliphatic heterocycles. The van der Waals surface area contributed by atoms with Crippen molar-refractivity contribution in [3.8, 4) is 11.1 Å². The van der Waals surface area contributed by atoms with E-state index in [-0.39, 0.29) is 19.2 Å². The van der Waals surface area contributed by atoms with Crippen molar-refractivity contribution in [1.29, 1.82) is 0 Å². The number of hydrogen-bond acceptors (Lipinski definition) is 9. The van der Waals surface area contributed by atoms with E-state index in [1.807, 2.05) is 24.5 Å². The minimum absolute atomic E-state index is 0.00344. The second kappa shape index (κ2) is 10.4. The van der Waals surface area contributed by atoms with E-state index in [1.54, 1.807) is 19.5 Å². The summed E-state index contributed by atoms with van der Waals surface area (Å²) in [6.07, 6.45) is 10.6. The molecule has 0 aromatic carbocycles. The Kier molecular flexibility index (Phi) is 7.00. The minimum Gasteiger partial charge on any atom is -0.393 e. The average molecular weight is 520 g/mol. The summed E-state index contributed by atoms with van der Waals surface area (Å²) in [7, 11) is 1.65. The molecule has 1 amide bonds. The topological polar surface area (TPSA) is 149 Å². The molecule has 4 aromatic heterocycles. The van der Waals surface area contributed by atoms with Gasteiger partial charge in [0.05, 0.1) is 23.9 Å². The molecule has 1 saturated heterocycles. The number of amides is 1. The lowest BCUT2D eigenvalue weighted by atomic mass is 9.92. The Morgan fingerprint density at radius 3 is 2.68 bits per heavy atom. The Balaban J connectivity index is 1.39. The number of ether oxygens (including phenoxy) is 1. The molecule has 0 bridgehead atoms. The van der Waals surface area contributed by atoms with Crippen LogP contribution < -0.4 is 16.0 Å². The van der Waals surface area contributed by atoms with Crippen LogP contribution in [0.2, 0.25) is 0 Å². The van der Waals surface area contributed by atoms with Crippen molar-refractivity contribution in [1.82, 2.24) is 29.3 Å². The van der Waals surface area contributed by atoms with E-state index in [4.69, 9.17) is 15.5 Å². The Morgan fingerprint density at radius 2 is 2.00 bits per heavy atom. The largest absolute Gasteiger partial charge is 0.393 e. The number of pyridine rings is 1. The van der Waals surface area contributed by atoms with Gasteiger partial charge in [0.1, 0.15) is 18.2 Å². The van der Waals surface area contributed by atoms with Crippen molar-refractivity contribution in [3.05, 3.63) is 43.1 Å². The summed E-state index contributed by atoms with van der Waals surface area (Å²) in [6, 6.07) is 4.03. The highest BCUT2D eigenvalue weighted by Crippen LogP contribution is 2.34. The van der Waals surface area contributed by atoms with Gasteiger partial charge in [-0.25, -0.2) is 9.97 Å². The molecule has 0 unspecified atom stereocenters. The van der Waals surface area contributed by atoms with Crippen LogP contribution >= 0.6 is 0 Å². The standard InChI is InChI=1S/C26H33N9O3/c1-17(2)35-14-20(18-11-30-34(13-18)15-22(27)37)19-12-29-24(10-21(19)35)31-23-4-7-28-25(32-23)33-8-5-26(16-36,38-3)6-9-33/h4,7,10-14,17,36H,5-6,8-9,15-16H2,1-3H3,(H2,27,37)(H,28,29,31,32). The Morgan fingerprint density at radius 1 is 1.21 bits per heavy atom. The molecule has 4 N–H and O–H groups in total. The van der Waals surface area contributed by atoms with E-state index in [2.05, 4.69) is 49.9 Å². The van der Waals surface area contributed by atoms with Crippen molar-refractivity contribution >= 4 is 34.4 Å². The van der Waals surface area contributed by atoms with Crippen LogP contribution in [0.1, 0.15) is 32.7 Å². The maximum absolute atomic E-state index is 11.3. The molecule has 1 fully saturated rings. The third-order valence-electron chi connectivity index (χ3n) is 7.11. The predicted molar refractivity (Wildman–Crippen MR) is 144 cm³/mol. The number of carbonyl (C=O) groups is 1. The summed E-state index contributed by atoms with van der Waals surface area (Å²) in [4.78, 5) is 27.2. The molecule has 12 heteroatoms. The molecule has 200 valence electrons. The van der Waals surface area contributed by atoms with Crippen LogP contribution in [0, 0.1) is 0 Å². The van der Waals surface area contributed by atoms with Gasteiger partial charge in [-0.2, -0.15) is 10.1 Å². The fraction of sp³-hybridized carbons (Fsp3) is 0.423. The summed E-state index contributed by atoms with van der Waals surface area (Å²) in [5.41, 5.74) is 7.71.